The van der Waals surface area contributed by atoms with Gasteiger partial charge in [-0.2, -0.15) is 0 Å². The van der Waals surface area contributed by atoms with Crippen molar-refractivity contribution in [3.8, 4) is 22.3 Å². The largest absolute Gasteiger partial charge is 0.452 e. The first-order chi connectivity index (χ1) is 8.86. The Morgan fingerprint density at radius 2 is 1.28 bits per heavy atom. The third kappa shape index (κ3) is 1.93. The maximum absolute atomic E-state index is 6.16. The maximum atomic E-state index is 6.16. The van der Waals surface area contributed by atoms with Crippen LogP contribution in [0.3, 0.4) is 0 Å². The summed E-state index contributed by atoms with van der Waals surface area (Å²) in [5, 5.41) is 0.431. The van der Waals surface area contributed by atoms with Crippen molar-refractivity contribution in [3.63, 3.8) is 0 Å². The van der Waals surface area contributed by atoms with Crippen LogP contribution in [0.2, 0.25) is 5.22 Å². The molecule has 1 aromatic heterocycles. The highest BCUT2D eigenvalue weighted by atomic mass is 35.5. The highest BCUT2D eigenvalue weighted by Gasteiger charge is 2.14. The smallest absolute Gasteiger partial charge is 0.201 e. The zero-order valence-corrected chi connectivity index (χ0v) is 10.4. The topological polar surface area (TPSA) is 13.1 Å². The number of furan rings is 1. The zero-order valence-electron chi connectivity index (χ0n) is 9.64. The van der Waals surface area contributed by atoms with Crippen LogP contribution in [-0.2, 0) is 0 Å². The average molecular weight is 255 g/mol. The number of benzene rings is 2. The first-order valence-electron chi connectivity index (χ1n) is 5.74. The van der Waals surface area contributed by atoms with E-state index in [2.05, 4.69) is 0 Å². The minimum Gasteiger partial charge on any atom is -0.452 e. The highest BCUT2D eigenvalue weighted by molar-refractivity contribution is 6.32. The molecule has 0 saturated heterocycles. The second kappa shape index (κ2) is 4.71. The molecule has 0 N–H and O–H groups in total. The summed E-state index contributed by atoms with van der Waals surface area (Å²) in [6.45, 7) is 0. The minimum atomic E-state index is 0.431. The van der Waals surface area contributed by atoms with Crippen LogP contribution in [0.4, 0.5) is 0 Å². The molecule has 88 valence electrons. The summed E-state index contributed by atoms with van der Waals surface area (Å²) in [6.07, 6.45) is 1.71. The van der Waals surface area contributed by atoms with Crippen LogP contribution in [0.25, 0.3) is 22.3 Å². The van der Waals surface area contributed by atoms with E-state index in [9.17, 15) is 0 Å². The molecule has 0 radical (unpaired) electrons. The molecule has 1 nitrogen and oxygen atoms in total. The van der Waals surface area contributed by atoms with Gasteiger partial charge in [0, 0.05) is 11.1 Å². The number of rotatable bonds is 2. The number of hydrogen-bond acceptors (Lipinski definition) is 1. The van der Waals surface area contributed by atoms with Gasteiger partial charge in [0.25, 0.3) is 0 Å². The normalized spacial score (nSPS) is 10.5. The van der Waals surface area contributed by atoms with Crippen LogP contribution in [0.1, 0.15) is 0 Å². The molecule has 0 aliphatic rings. The predicted molar refractivity (Wildman–Crippen MR) is 74.6 cm³/mol. The minimum absolute atomic E-state index is 0.431. The van der Waals surface area contributed by atoms with E-state index in [-0.39, 0.29) is 0 Å². The Balaban J connectivity index is 2.19. The molecule has 0 fully saturated rings. The molecule has 2 heteroatoms. The summed E-state index contributed by atoms with van der Waals surface area (Å²) >= 11 is 6.16. The molecule has 0 bridgehead atoms. The molecule has 0 aliphatic heterocycles. The predicted octanol–water partition coefficient (Wildman–Crippen LogP) is 5.27. The molecule has 3 rings (SSSR count). The quantitative estimate of drug-likeness (QED) is 0.607. The van der Waals surface area contributed by atoms with Gasteiger partial charge in [-0.1, -0.05) is 60.7 Å². The molecular weight excluding hydrogens is 244 g/mol. The summed E-state index contributed by atoms with van der Waals surface area (Å²) < 4.78 is 5.37. The average Bonchev–Trinajstić information content (AvgIpc) is 2.83. The van der Waals surface area contributed by atoms with Crippen molar-refractivity contribution in [1.29, 1.82) is 0 Å². The van der Waals surface area contributed by atoms with Crippen molar-refractivity contribution in [2.24, 2.45) is 0 Å². The second-order valence-electron chi connectivity index (χ2n) is 4.03. The van der Waals surface area contributed by atoms with Crippen LogP contribution in [-0.4, -0.2) is 0 Å². The molecule has 2 aromatic carbocycles. The summed E-state index contributed by atoms with van der Waals surface area (Å²) in [5.74, 6) is 0. The molecular formula is C16H11ClO. The summed E-state index contributed by atoms with van der Waals surface area (Å²) in [6, 6.07) is 20.1. The van der Waals surface area contributed by atoms with E-state index in [0.29, 0.717) is 5.22 Å². The highest BCUT2D eigenvalue weighted by Crippen LogP contribution is 2.38. The van der Waals surface area contributed by atoms with Gasteiger partial charge in [0.15, 0.2) is 0 Å². The van der Waals surface area contributed by atoms with Crippen molar-refractivity contribution in [2.45, 2.75) is 0 Å². The first kappa shape index (κ1) is 11.1. The lowest BCUT2D eigenvalue weighted by molar-refractivity contribution is 0.571. The van der Waals surface area contributed by atoms with Crippen molar-refractivity contribution in [1.82, 2.24) is 0 Å². The SMILES string of the molecule is Clc1occ(-c2ccccc2)c1-c1ccccc1. The van der Waals surface area contributed by atoms with E-state index in [1.807, 2.05) is 60.7 Å². The second-order valence-corrected chi connectivity index (χ2v) is 4.37. The van der Waals surface area contributed by atoms with Gasteiger partial charge in [0.2, 0.25) is 5.22 Å². The van der Waals surface area contributed by atoms with Crippen LogP contribution in [0.5, 0.6) is 0 Å². The Morgan fingerprint density at radius 1 is 0.722 bits per heavy atom. The van der Waals surface area contributed by atoms with Crippen LogP contribution in [0, 0.1) is 0 Å². The van der Waals surface area contributed by atoms with E-state index in [0.717, 1.165) is 22.3 Å². The molecule has 0 unspecified atom stereocenters. The van der Waals surface area contributed by atoms with E-state index in [4.69, 9.17) is 16.0 Å². The molecule has 0 amide bonds. The standard InChI is InChI=1S/C16H11ClO/c17-16-15(13-9-5-2-6-10-13)14(11-18-16)12-7-3-1-4-8-12/h1-11H. The summed E-state index contributed by atoms with van der Waals surface area (Å²) in [4.78, 5) is 0. The molecule has 3 aromatic rings. The van der Waals surface area contributed by atoms with Crippen LogP contribution >= 0.6 is 11.6 Å². The van der Waals surface area contributed by atoms with Gasteiger partial charge >= 0.3 is 0 Å². The lowest BCUT2D eigenvalue weighted by atomic mass is 9.99. The fraction of sp³-hybridized carbons (Fsp3) is 0. The Bertz CT molecular complexity index is 641. The Morgan fingerprint density at radius 3 is 1.89 bits per heavy atom. The lowest BCUT2D eigenvalue weighted by Crippen LogP contribution is -1.80. The van der Waals surface area contributed by atoms with E-state index < -0.39 is 0 Å². The lowest BCUT2D eigenvalue weighted by Gasteiger charge is -2.03. The fourth-order valence-corrected chi connectivity index (χ4v) is 2.29. The maximum Gasteiger partial charge on any atom is 0.201 e. The number of hydrogen-bond donors (Lipinski definition) is 0. The van der Waals surface area contributed by atoms with Gasteiger partial charge in [-0.3, -0.25) is 0 Å². The van der Waals surface area contributed by atoms with Crippen molar-refractivity contribution >= 4 is 11.6 Å². The van der Waals surface area contributed by atoms with Crippen LogP contribution < -0.4 is 0 Å². The number of halogens is 1. The zero-order chi connectivity index (χ0) is 12.4. The van der Waals surface area contributed by atoms with Gasteiger partial charge in [0.1, 0.15) is 6.26 Å². The Kier molecular flexibility index (Phi) is 2.91. The molecule has 18 heavy (non-hydrogen) atoms. The molecule has 0 atom stereocenters. The molecule has 0 aliphatic carbocycles. The Labute approximate surface area is 111 Å². The molecule has 0 saturated carbocycles. The summed E-state index contributed by atoms with van der Waals surface area (Å²) in [5.41, 5.74) is 4.14. The van der Waals surface area contributed by atoms with Crippen molar-refractivity contribution in [2.75, 3.05) is 0 Å². The summed E-state index contributed by atoms with van der Waals surface area (Å²) in [7, 11) is 0. The van der Waals surface area contributed by atoms with E-state index in [1.165, 1.54) is 0 Å². The third-order valence-electron chi connectivity index (χ3n) is 2.89. The third-order valence-corrected chi connectivity index (χ3v) is 3.17. The molecule has 1 heterocycles. The van der Waals surface area contributed by atoms with Crippen molar-refractivity contribution in [3.05, 3.63) is 72.1 Å². The van der Waals surface area contributed by atoms with Gasteiger partial charge < -0.3 is 4.42 Å². The van der Waals surface area contributed by atoms with Gasteiger partial charge in [0.05, 0.1) is 0 Å². The van der Waals surface area contributed by atoms with Gasteiger partial charge in [-0.15, -0.1) is 0 Å². The molecule has 0 spiro atoms. The van der Waals surface area contributed by atoms with Crippen LogP contribution in [0.15, 0.2) is 71.3 Å². The van der Waals surface area contributed by atoms with Crippen molar-refractivity contribution < 1.29 is 4.42 Å². The van der Waals surface area contributed by atoms with Gasteiger partial charge in [-0.25, -0.2) is 0 Å². The monoisotopic (exact) mass is 254 g/mol. The van der Waals surface area contributed by atoms with E-state index >= 15 is 0 Å². The fourth-order valence-electron chi connectivity index (χ4n) is 2.04. The van der Waals surface area contributed by atoms with E-state index in [1.54, 1.807) is 6.26 Å². The van der Waals surface area contributed by atoms with Gasteiger partial charge in [-0.05, 0) is 22.7 Å². The Hall–Kier alpha value is -1.99. The first-order valence-corrected chi connectivity index (χ1v) is 6.12.